The number of nitrogens with zero attached hydrogens (tertiary/aromatic N) is 1. The number of ether oxygens (including phenoxy) is 1. The second-order valence-electron chi connectivity index (χ2n) is 3.69. The Hall–Kier alpha value is -1.94. The molecule has 0 atom stereocenters. The van der Waals surface area contributed by atoms with Crippen LogP contribution in [0.5, 0.6) is 11.5 Å². The zero-order valence-corrected chi connectivity index (χ0v) is 9.48. The molecule has 2 rings (SSSR count). The lowest BCUT2D eigenvalue weighted by Crippen LogP contribution is -2.01. The van der Waals surface area contributed by atoms with E-state index in [4.69, 9.17) is 10.5 Å². The predicted molar refractivity (Wildman–Crippen MR) is 63.3 cm³/mol. The number of hydrogen-bond donors (Lipinski definition) is 1. The topological polar surface area (TPSA) is 48.1 Å². The van der Waals surface area contributed by atoms with Gasteiger partial charge in [0.2, 0.25) is 0 Å². The highest BCUT2D eigenvalue weighted by Gasteiger charge is 2.05. The Morgan fingerprint density at radius 1 is 1.29 bits per heavy atom. The number of nitrogens with two attached hydrogens (primary N) is 1. The SMILES string of the molecule is Cc1cc(Oc2ccc(F)cc2)c(CN)cn1. The average molecular weight is 232 g/mol. The fourth-order valence-electron chi connectivity index (χ4n) is 1.44. The average Bonchev–Trinajstić information content (AvgIpc) is 2.32. The monoisotopic (exact) mass is 232 g/mol. The molecule has 3 nitrogen and oxygen atoms in total. The standard InChI is InChI=1S/C13H13FN2O/c1-9-6-13(10(7-15)8-16-9)17-12-4-2-11(14)3-5-12/h2-6,8H,7,15H2,1H3. The molecule has 0 radical (unpaired) electrons. The Balaban J connectivity index is 2.28. The van der Waals surface area contributed by atoms with Crippen LogP contribution in [0.15, 0.2) is 36.5 Å². The molecule has 4 heteroatoms. The van der Waals surface area contributed by atoms with Crippen LogP contribution in [0, 0.1) is 12.7 Å². The van der Waals surface area contributed by atoms with Crippen molar-refractivity contribution >= 4 is 0 Å². The first-order chi connectivity index (χ1) is 8.19. The summed E-state index contributed by atoms with van der Waals surface area (Å²) in [4.78, 5) is 4.15. The molecule has 0 unspecified atom stereocenters. The van der Waals surface area contributed by atoms with Crippen LogP contribution in [-0.4, -0.2) is 4.98 Å². The molecule has 0 spiro atoms. The van der Waals surface area contributed by atoms with Crippen molar-refractivity contribution < 1.29 is 9.13 Å². The zero-order chi connectivity index (χ0) is 12.3. The van der Waals surface area contributed by atoms with Gasteiger partial charge in [-0.3, -0.25) is 4.98 Å². The van der Waals surface area contributed by atoms with Crippen LogP contribution in [0.4, 0.5) is 4.39 Å². The van der Waals surface area contributed by atoms with Crippen LogP contribution in [0.1, 0.15) is 11.3 Å². The number of aromatic nitrogens is 1. The minimum atomic E-state index is -0.290. The molecule has 0 aliphatic carbocycles. The molecule has 2 aromatic rings. The van der Waals surface area contributed by atoms with Gasteiger partial charge in [-0.25, -0.2) is 4.39 Å². The van der Waals surface area contributed by atoms with Crippen molar-refractivity contribution in [3.8, 4) is 11.5 Å². The Morgan fingerprint density at radius 3 is 2.65 bits per heavy atom. The lowest BCUT2D eigenvalue weighted by Gasteiger charge is -2.10. The van der Waals surface area contributed by atoms with Gasteiger partial charge in [0.1, 0.15) is 17.3 Å². The minimum absolute atomic E-state index is 0.290. The van der Waals surface area contributed by atoms with E-state index in [1.807, 2.05) is 13.0 Å². The molecule has 0 saturated carbocycles. The molecule has 88 valence electrons. The van der Waals surface area contributed by atoms with Crippen LogP contribution in [0.2, 0.25) is 0 Å². The van der Waals surface area contributed by atoms with E-state index < -0.39 is 0 Å². The number of pyridine rings is 1. The molecular weight excluding hydrogens is 219 g/mol. The van der Waals surface area contributed by atoms with Gasteiger partial charge in [0, 0.05) is 30.1 Å². The van der Waals surface area contributed by atoms with Crippen LogP contribution in [0.3, 0.4) is 0 Å². The Labute approximate surface area is 99.1 Å². The smallest absolute Gasteiger partial charge is 0.135 e. The molecule has 1 aromatic heterocycles. The summed E-state index contributed by atoms with van der Waals surface area (Å²) < 4.78 is 18.4. The molecule has 2 N–H and O–H groups in total. The fourth-order valence-corrected chi connectivity index (χ4v) is 1.44. The third-order valence-corrected chi connectivity index (χ3v) is 2.34. The minimum Gasteiger partial charge on any atom is -0.457 e. The van der Waals surface area contributed by atoms with E-state index in [0.717, 1.165) is 11.3 Å². The second kappa shape index (κ2) is 4.93. The maximum atomic E-state index is 12.7. The summed E-state index contributed by atoms with van der Waals surface area (Å²) in [6.07, 6.45) is 1.69. The van der Waals surface area contributed by atoms with Crippen molar-refractivity contribution in [2.24, 2.45) is 5.73 Å². The van der Waals surface area contributed by atoms with Gasteiger partial charge in [0.15, 0.2) is 0 Å². The van der Waals surface area contributed by atoms with E-state index in [9.17, 15) is 4.39 Å². The number of hydrogen-bond acceptors (Lipinski definition) is 3. The van der Waals surface area contributed by atoms with Gasteiger partial charge in [-0.2, -0.15) is 0 Å². The first-order valence-electron chi connectivity index (χ1n) is 5.28. The summed E-state index contributed by atoms with van der Waals surface area (Å²) in [5.74, 6) is 0.945. The van der Waals surface area contributed by atoms with E-state index in [2.05, 4.69) is 4.98 Å². The summed E-state index contributed by atoms with van der Waals surface area (Å²) in [5, 5.41) is 0. The Bertz CT molecular complexity index is 511. The summed E-state index contributed by atoms with van der Waals surface area (Å²) in [5.41, 5.74) is 7.26. The van der Waals surface area contributed by atoms with Gasteiger partial charge in [-0.05, 0) is 31.2 Å². The Morgan fingerprint density at radius 2 is 2.00 bits per heavy atom. The summed E-state index contributed by atoms with van der Waals surface area (Å²) in [6, 6.07) is 7.67. The number of rotatable bonds is 3. The van der Waals surface area contributed by atoms with Gasteiger partial charge in [0.25, 0.3) is 0 Å². The highest BCUT2D eigenvalue weighted by molar-refractivity contribution is 5.37. The van der Waals surface area contributed by atoms with Crippen LogP contribution >= 0.6 is 0 Å². The normalized spacial score (nSPS) is 10.3. The summed E-state index contributed by atoms with van der Waals surface area (Å²) in [6.45, 7) is 2.22. The van der Waals surface area contributed by atoms with E-state index in [0.29, 0.717) is 18.0 Å². The van der Waals surface area contributed by atoms with Crippen LogP contribution < -0.4 is 10.5 Å². The maximum absolute atomic E-state index is 12.7. The summed E-state index contributed by atoms with van der Waals surface area (Å²) in [7, 11) is 0. The van der Waals surface area contributed by atoms with E-state index in [-0.39, 0.29) is 5.82 Å². The number of halogens is 1. The van der Waals surface area contributed by atoms with Crippen LogP contribution in [-0.2, 0) is 6.54 Å². The van der Waals surface area contributed by atoms with Gasteiger partial charge in [-0.1, -0.05) is 0 Å². The van der Waals surface area contributed by atoms with Crippen molar-refractivity contribution in [3.05, 3.63) is 53.6 Å². The molecule has 0 amide bonds. The van der Waals surface area contributed by atoms with Crippen molar-refractivity contribution in [2.75, 3.05) is 0 Å². The highest BCUT2D eigenvalue weighted by atomic mass is 19.1. The van der Waals surface area contributed by atoms with Gasteiger partial charge >= 0.3 is 0 Å². The van der Waals surface area contributed by atoms with E-state index in [1.54, 1.807) is 18.3 Å². The molecular formula is C13H13FN2O. The highest BCUT2D eigenvalue weighted by Crippen LogP contribution is 2.25. The number of aryl methyl sites for hydroxylation is 1. The second-order valence-corrected chi connectivity index (χ2v) is 3.69. The van der Waals surface area contributed by atoms with E-state index in [1.165, 1.54) is 12.1 Å². The zero-order valence-electron chi connectivity index (χ0n) is 9.48. The van der Waals surface area contributed by atoms with Crippen molar-refractivity contribution in [2.45, 2.75) is 13.5 Å². The predicted octanol–water partition coefficient (Wildman–Crippen LogP) is 2.78. The molecule has 17 heavy (non-hydrogen) atoms. The molecule has 0 fully saturated rings. The van der Waals surface area contributed by atoms with Gasteiger partial charge < -0.3 is 10.5 Å². The fraction of sp³-hybridized carbons (Fsp3) is 0.154. The maximum Gasteiger partial charge on any atom is 0.135 e. The van der Waals surface area contributed by atoms with Gasteiger partial charge in [0.05, 0.1) is 0 Å². The molecule has 0 aliphatic rings. The van der Waals surface area contributed by atoms with Crippen molar-refractivity contribution in [3.63, 3.8) is 0 Å². The van der Waals surface area contributed by atoms with E-state index >= 15 is 0 Å². The molecule has 1 heterocycles. The molecule has 0 bridgehead atoms. The largest absolute Gasteiger partial charge is 0.457 e. The van der Waals surface area contributed by atoms with Crippen molar-refractivity contribution in [1.82, 2.24) is 4.98 Å². The quantitative estimate of drug-likeness (QED) is 0.885. The summed E-state index contributed by atoms with van der Waals surface area (Å²) >= 11 is 0. The first kappa shape index (κ1) is 11.5. The number of benzene rings is 1. The Kier molecular flexibility index (Phi) is 3.35. The molecule has 0 saturated heterocycles. The lowest BCUT2D eigenvalue weighted by molar-refractivity contribution is 0.473. The molecule has 1 aromatic carbocycles. The lowest BCUT2D eigenvalue weighted by atomic mass is 10.2. The third-order valence-electron chi connectivity index (χ3n) is 2.34. The first-order valence-corrected chi connectivity index (χ1v) is 5.28. The van der Waals surface area contributed by atoms with Crippen LogP contribution in [0.25, 0.3) is 0 Å². The van der Waals surface area contributed by atoms with Gasteiger partial charge in [-0.15, -0.1) is 0 Å². The third kappa shape index (κ3) is 2.79. The van der Waals surface area contributed by atoms with Crippen molar-refractivity contribution in [1.29, 1.82) is 0 Å². The molecule has 0 aliphatic heterocycles.